The predicted molar refractivity (Wildman–Crippen MR) is 67.9 cm³/mol. The number of rotatable bonds is 2. The summed E-state index contributed by atoms with van der Waals surface area (Å²) < 4.78 is 10.1. The second-order valence-corrected chi connectivity index (χ2v) is 5.17. The first-order valence-electron chi connectivity index (χ1n) is 5.40. The predicted octanol–water partition coefficient (Wildman–Crippen LogP) is 3.22. The van der Waals surface area contributed by atoms with Crippen molar-refractivity contribution in [1.82, 2.24) is 0 Å². The van der Waals surface area contributed by atoms with Gasteiger partial charge in [-0.3, -0.25) is 4.79 Å². The van der Waals surface area contributed by atoms with Crippen LogP contribution in [0.1, 0.15) is 38.1 Å². The van der Waals surface area contributed by atoms with Crippen molar-refractivity contribution in [1.29, 1.82) is 0 Å². The van der Waals surface area contributed by atoms with Gasteiger partial charge in [-0.05, 0) is 39.0 Å². The Hall–Kier alpha value is -1.55. The average molecular weight is 271 g/mol. The molecule has 1 rings (SSSR count). The van der Waals surface area contributed by atoms with Gasteiger partial charge < -0.3 is 9.47 Å². The molecule has 1 aromatic rings. The molecule has 98 valence electrons. The molecule has 18 heavy (non-hydrogen) atoms. The number of halogens is 1. The van der Waals surface area contributed by atoms with E-state index >= 15 is 0 Å². The van der Waals surface area contributed by atoms with Crippen molar-refractivity contribution in [3.05, 3.63) is 28.8 Å². The van der Waals surface area contributed by atoms with E-state index < -0.39 is 17.5 Å². The topological polar surface area (TPSA) is 52.6 Å². The SMILES string of the molecule is CC(=O)Oc1ccc(Cl)cc1C(=O)OC(C)(C)C. The number of carbonyl (C=O) groups is 2. The van der Waals surface area contributed by atoms with Crippen molar-refractivity contribution in [3.63, 3.8) is 0 Å². The summed E-state index contributed by atoms with van der Waals surface area (Å²) in [6.07, 6.45) is 0. The fourth-order valence-electron chi connectivity index (χ4n) is 1.24. The van der Waals surface area contributed by atoms with Gasteiger partial charge in [-0.1, -0.05) is 11.6 Å². The van der Waals surface area contributed by atoms with Crippen molar-refractivity contribution in [2.45, 2.75) is 33.3 Å². The summed E-state index contributed by atoms with van der Waals surface area (Å²) in [5, 5.41) is 0.367. The minimum atomic E-state index is -0.632. The highest BCUT2D eigenvalue weighted by molar-refractivity contribution is 6.31. The highest BCUT2D eigenvalue weighted by atomic mass is 35.5. The van der Waals surface area contributed by atoms with Crippen molar-refractivity contribution in [2.75, 3.05) is 0 Å². The van der Waals surface area contributed by atoms with Crippen molar-refractivity contribution < 1.29 is 19.1 Å². The lowest BCUT2D eigenvalue weighted by Gasteiger charge is -2.20. The average Bonchev–Trinajstić information content (AvgIpc) is 2.17. The summed E-state index contributed by atoms with van der Waals surface area (Å²) >= 11 is 5.82. The van der Waals surface area contributed by atoms with Crippen LogP contribution in [-0.4, -0.2) is 17.5 Å². The van der Waals surface area contributed by atoms with E-state index in [1.807, 2.05) is 0 Å². The quantitative estimate of drug-likeness (QED) is 0.612. The fourth-order valence-corrected chi connectivity index (χ4v) is 1.41. The van der Waals surface area contributed by atoms with Crippen LogP contribution in [0.3, 0.4) is 0 Å². The first kappa shape index (κ1) is 14.5. The second-order valence-electron chi connectivity index (χ2n) is 4.74. The number of carbonyl (C=O) groups excluding carboxylic acids is 2. The molecule has 0 spiro atoms. The van der Waals surface area contributed by atoms with Gasteiger partial charge in [-0.25, -0.2) is 4.79 Å². The highest BCUT2D eigenvalue weighted by Gasteiger charge is 2.22. The van der Waals surface area contributed by atoms with Crippen LogP contribution in [-0.2, 0) is 9.53 Å². The number of hydrogen-bond acceptors (Lipinski definition) is 4. The molecule has 0 heterocycles. The van der Waals surface area contributed by atoms with E-state index in [-0.39, 0.29) is 11.3 Å². The number of hydrogen-bond donors (Lipinski definition) is 0. The standard InChI is InChI=1S/C13H15ClO4/c1-8(15)17-11-6-5-9(14)7-10(11)12(16)18-13(2,3)4/h5-7H,1-4H3. The minimum absolute atomic E-state index is 0.132. The zero-order valence-corrected chi connectivity index (χ0v) is 11.5. The molecule has 1 aromatic carbocycles. The van der Waals surface area contributed by atoms with Crippen LogP contribution >= 0.6 is 11.6 Å². The third-order valence-electron chi connectivity index (χ3n) is 1.81. The van der Waals surface area contributed by atoms with Crippen LogP contribution in [0.25, 0.3) is 0 Å². The van der Waals surface area contributed by atoms with Gasteiger partial charge in [0.05, 0.1) is 0 Å². The van der Waals surface area contributed by atoms with Crippen LogP contribution in [0, 0.1) is 0 Å². The summed E-state index contributed by atoms with van der Waals surface area (Å²) in [6.45, 7) is 6.51. The lowest BCUT2D eigenvalue weighted by atomic mass is 10.1. The molecule has 0 saturated heterocycles. The summed E-state index contributed by atoms with van der Waals surface area (Å²) in [7, 11) is 0. The highest BCUT2D eigenvalue weighted by Crippen LogP contribution is 2.25. The maximum Gasteiger partial charge on any atom is 0.342 e. The molecule has 0 aliphatic heterocycles. The lowest BCUT2D eigenvalue weighted by Crippen LogP contribution is -2.24. The molecule has 0 saturated carbocycles. The van der Waals surface area contributed by atoms with E-state index in [4.69, 9.17) is 21.1 Å². The van der Waals surface area contributed by atoms with E-state index in [9.17, 15) is 9.59 Å². The normalized spacial score (nSPS) is 10.9. The molecule has 0 aliphatic rings. The van der Waals surface area contributed by atoms with Gasteiger partial charge in [0.15, 0.2) is 0 Å². The van der Waals surface area contributed by atoms with Crippen molar-refractivity contribution in [2.24, 2.45) is 0 Å². The van der Waals surface area contributed by atoms with Gasteiger partial charge in [0, 0.05) is 11.9 Å². The lowest BCUT2D eigenvalue weighted by molar-refractivity contribution is -0.131. The van der Waals surface area contributed by atoms with Gasteiger partial charge in [-0.15, -0.1) is 0 Å². The van der Waals surface area contributed by atoms with E-state index in [0.29, 0.717) is 5.02 Å². The van der Waals surface area contributed by atoms with E-state index in [1.54, 1.807) is 20.8 Å². The second kappa shape index (κ2) is 5.40. The number of esters is 2. The van der Waals surface area contributed by atoms with Crippen molar-refractivity contribution >= 4 is 23.5 Å². The fraction of sp³-hybridized carbons (Fsp3) is 0.385. The first-order chi connectivity index (χ1) is 8.19. The summed E-state index contributed by atoms with van der Waals surface area (Å²) in [5.41, 5.74) is -0.500. The van der Waals surface area contributed by atoms with Crippen LogP contribution in [0.2, 0.25) is 5.02 Å². The van der Waals surface area contributed by atoms with Gasteiger partial charge >= 0.3 is 11.9 Å². The zero-order chi connectivity index (χ0) is 13.9. The van der Waals surface area contributed by atoms with Gasteiger partial charge in [0.2, 0.25) is 0 Å². The molecular formula is C13H15ClO4. The Bertz CT molecular complexity index is 474. The Kier molecular flexibility index (Phi) is 4.35. The Morgan fingerprint density at radius 3 is 2.33 bits per heavy atom. The Balaban J connectivity index is 3.08. The minimum Gasteiger partial charge on any atom is -0.456 e. The summed E-state index contributed by atoms with van der Waals surface area (Å²) in [4.78, 5) is 22.9. The molecular weight excluding hydrogens is 256 g/mol. The van der Waals surface area contributed by atoms with Gasteiger partial charge in [-0.2, -0.15) is 0 Å². The number of ether oxygens (including phenoxy) is 2. The maximum atomic E-state index is 11.9. The largest absolute Gasteiger partial charge is 0.456 e. The Morgan fingerprint density at radius 1 is 1.22 bits per heavy atom. The van der Waals surface area contributed by atoms with E-state index in [2.05, 4.69) is 0 Å². The molecule has 4 nitrogen and oxygen atoms in total. The van der Waals surface area contributed by atoms with Gasteiger partial charge in [0.1, 0.15) is 16.9 Å². The molecule has 0 unspecified atom stereocenters. The maximum absolute atomic E-state index is 11.9. The smallest absolute Gasteiger partial charge is 0.342 e. The van der Waals surface area contributed by atoms with E-state index in [1.165, 1.54) is 25.1 Å². The Morgan fingerprint density at radius 2 is 1.83 bits per heavy atom. The molecule has 0 aromatic heterocycles. The molecule has 0 atom stereocenters. The molecule has 0 aliphatic carbocycles. The van der Waals surface area contributed by atoms with Crippen molar-refractivity contribution in [3.8, 4) is 5.75 Å². The zero-order valence-electron chi connectivity index (χ0n) is 10.7. The van der Waals surface area contributed by atoms with Crippen LogP contribution in [0.5, 0.6) is 5.75 Å². The summed E-state index contributed by atoms with van der Waals surface area (Å²) in [5.74, 6) is -0.954. The van der Waals surface area contributed by atoms with Gasteiger partial charge in [0.25, 0.3) is 0 Å². The molecule has 0 N–H and O–H groups in total. The molecule has 5 heteroatoms. The molecule has 0 radical (unpaired) electrons. The third-order valence-corrected chi connectivity index (χ3v) is 2.05. The number of benzene rings is 1. The summed E-state index contributed by atoms with van der Waals surface area (Å²) in [6, 6.07) is 4.41. The van der Waals surface area contributed by atoms with E-state index in [0.717, 1.165) is 0 Å². The van der Waals surface area contributed by atoms with Crippen LogP contribution in [0.4, 0.5) is 0 Å². The Labute approximate surface area is 111 Å². The third kappa shape index (κ3) is 4.37. The first-order valence-corrected chi connectivity index (χ1v) is 5.78. The monoisotopic (exact) mass is 270 g/mol. The van der Waals surface area contributed by atoms with Crippen LogP contribution < -0.4 is 4.74 Å². The molecule has 0 amide bonds. The molecule has 0 fully saturated rings. The molecule has 0 bridgehead atoms. The van der Waals surface area contributed by atoms with Crippen LogP contribution in [0.15, 0.2) is 18.2 Å².